The number of thiocarbonyl (C=S) groups is 1. The van der Waals surface area contributed by atoms with E-state index in [2.05, 4.69) is 5.32 Å². The Morgan fingerprint density at radius 1 is 1.32 bits per heavy atom. The Kier molecular flexibility index (Phi) is 3.90. The molecule has 1 amide bonds. The lowest BCUT2D eigenvalue weighted by molar-refractivity contribution is -0.124. The number of rotatable bonds is 5. The SMILES string of the molecule is CC(C)C(NC(=O)C1(c2ccccc2)CC1)C(N)=S. The van der Waals surface area contributed by atoms with Crippen molar-refractivity contribution in [1.29, 1.82) is 0 Å². The van der Waals surface area contributed by atoms with Crippen LogP contribution in [0.15, 0.2) is 30.3 Å². The standard InChI is InChI=1S/C15H20N2OS/c1-10(2)12(13(16)19)17-14(18)15(8-9-15)11-6-4-3-5-7-11/h3-7,10,12H,8-9H2,1-2H3,(H2,16,19)(H,17,18). The molecule has 3 N–H and O–H groups in total. The van der Waals surface area contributed by atoms with Gasteiger partial charge in [-0.05, 0) is 24.3 Å². The van der Waals surface area contributed by atoms with Crippen molar-refractivity contribution in [2.45, 2.75) is 38.1 Å². The molecule has 0 aliphatic heterocycles. The van der Waals surface area contributed by atoms with Crippen molar-refractivity contribution >= 4 is 23.1 Å². The van der Waals surface area contributed by atoms with Gasteiger partial charge in [0, 0.05) is 0 Å². The van der Waals surface area contributed by atoms with Gasteiger partial charge in [0.1, 0.15) is 0 Å². The van der Waals surface area contributed by atoms with Crippen LogP contribution in [0.3, 0.4) is 0 Å². The van der Waals surface area contributed by atoms with Crippen molar-refractivity contribution in [2.75, 3.05) is 0 Å². The molecule has 1 saturated carbocycles. The first-order valence-electron chi connectivity index (χ1n) is 6.63. The van der Waals surface area contributed by atoms with E-state index in [-0.39, 0.29) is 23.3 Å². The predicted octanol–water partition coefficient (Wildman–Crippen LogP) is 2.15. The van der Waals surface area contributed by atoms with E-state index in [0.717, 1.165) is 18.4 Å². The first-order chi connectivity index (χ1) is 8.97. The molecule has 1 fully saturated rings. The zero-order chi connectivity index (χ0) is 14.0. The van der Waals surface area contributed by atoms with Crippen LogP contribution in [0.5, 0.6) is 0 Å². The molecular formula is C15H20N2OS. The van der Waals surface area contributed by atoms with Gasteiger partial charge >= 0.3 is 0 Å². The molecule has 19 heavy (non-hydrogen) atoms. The molecule has 1 aromatic rings. The number of amides is 1. The lowest BCUT2D eigenvalue weighted by Crippen LogP contribution is -2.50. The third kappa shape index (κ3) is 2.78. The van der Waals surface area contributed by atoms with Gasteiger partial charge in [-0.25, -0.2) is 0 Å². The van der Waals surface area contributed by atoms with Crippen LogP contribution in [0.2, 0.25) is 0 Å². The minimum Gasteiger partial charge on any atom is -0.392 e. The molecule has 1 atom stereocenters. The van der Waals surface area contributed by atoms with Gasteiger partial charge in [0.25, 0.3) is 0 Å². The summed E-state index contributed by atoms with van der Waals surface area (Å²) in [7, 11) is 0. The summed E-state index contributed by atoms with van der Waals surface area (Å²) >= 11 is 5.03. The molecule has 0 saturated heterocycles. The normalized spacial score (nSPS) is 17.8. The molecule has 0 bridgehead atoms. The van der Waals surface area contributed by atoms with Gasteiger partial charge in [0.2, 0.25) is 5.91 Å². The van der Waals surface area contributed by atoms with Crippen LogP contribution < -0.4 is 11.1 Å². The Bertz CT molecular complexity index is 480. The zero-order valence-electron chi connectivity index (χ0n) is 11.3. The molecule has 0 heterocycles. The fourth-order valence-electron chi connectivity index (χ4n) is 2.37. The lowest BCUT2D eigenvalue weighted by Gasteiger charge is -2.24. The van der Waals surface area contributed by atoms with E-state index < -0.39 is 0 Å². The molecule has 1 aliphatic rings. The Morgan fingerprint density at radius 3 is 2.32 bits per heavy atom. The largest absolute Gasteiger partial charge is 0.392 e. The molecule has 2 rings (SSSR count). The van der Waals surface area contributed by atoms with Gasteiger partial charge in [0.05, 0.1) is 16.4 Å². The van der Waals surface area contributed by atoms with E-state index >= 15 is 0 Å². The molecule has 102 valence electrons. The number of carbonyl (C=O) groups excluding carboxylic acids is 1. The minimum atomic E-state index is -0.362. The van der Waals surface area contributed by atoms with Gasteiger partial charge in [0.15, 0.2) is 0 Å². The topological polar surface area (TPSA) is 55.1 Å². The second-order valence-corrected chi connectivity index (χ2v) is 6.02. The summed E-state index contributed by atoms with van der Waals surface area (Å²) in [6, 6.07) is 9.69. The quantitative estimate of drug-likeness (QED) is 0.810. The van der Waals surface area contributed by atoms with Crippen molar-refractivity contribution in [3.8, 4) is 0 Å². The number of hydrogen-bond donors (Lipinski definition) is 2. The van der Waals surface area contributed by atoms with Crippen LogP contribution in [0, 0.1) is 5.92 Å². The highest BCUT2D eigenvalue weighted by Gasteiger charge is 2.51. The van der Waals surface area contributed by atoms with E-state index in [1.807, 2.05) is 44.2 Å². The Labute approximate surface area is 119 Å². The Hall–Kier alpha value is -1.42. The molecule has 0 aromatic heterocycles. The first-order valence-corrected chi connectivity index (χ1v) is 7.04. The molecule has 1 unspecified atom stereocenters. The summed E-state index contributed by atoms with van der Waals surface area (Å²) in [5.41, 5.74) is 6.42. The molecule has 3 nitrogen and oxygen atoms in total. The summed E-state index contributed by atoms with van der Waals surface area (Å²) in [4.78, 5) is 12.9. The summed E-state index contributed by atoms with van der Waals surface area (Å²) in [5, 5.41) is 3.01. The molecule has 0 spiro atoms. The number of benzene rings is 1. The van der Waals surface area contributed by atoms with E-state index in [0.29, 0.717) is 4.99 Å². The number of nitrogens with two attached hydrogens (primary N) is 1. The fraction of sp³-hybridized carbons (Fsp3) is 0.467. The minimum absolute atomic E-state index is 0.0465. The highest BCUT2D eigenvalue weighted by atomic mass is 32.1. The molecule has 0 radical (unpaired) electrons. The van der Waals surface area contributed by atoms with Gasteiger partial charge in [-0.3, -0.25) is 4.79 Å². The van der Waals surface area contributed by atoms with Crippen LogP contribution in [-0.2, 0) is 10.2 Å². The molecule has 1 aromatic carbocycles. The van der Waals surface area contributed by atoms with E-state index in [1.165, 1.54) is 0 Å². The predicted molar refractivity (Wildman–Crippen MR) is 80.9 cm³/mol. The monoisotopic (exact) mass is 276 g/mol. The number of hydrogen-bond acceptors (Lipinski definition) is 2. The third-order valence-electron chi connectivity index (χ3n) is 3.77. The highest BCUT2D eigenvalue weighted by molar-refractivity contribution is 7.80. The Morgan fingerprint density at radius 2 is 1.89 bits per heavy atom. The first kappa shape index (κ1) is 14.0. The van der Waals surface area contributed by atoms with Crippen molar-refractivity contribution in [1.82, 2.24) is 5.32 Å². The molecular weight excluding hydrogens is 256 g/mol. The second kappa shape index (κ2) is 5.29. The maximum Gasteiger partial charge on any atom is 0.231 e. The number of nitrogens with one attached hydrogen (secondary N) is 1. The lowest BCUT2D eigenvalue weighted by atomic mass is 9.93. The van der Waals surface area contributed by atoms with Crippen molar-refractivity contribution in [3.63, 3.8) is 0 Å². The van der Waals surface area contributed by atoms with Crippen LogP contribution in [0.25, 0.3) is 0 Å². The average molecular weight is 276 g/mol. The van der Waals surface area contributed by atoms with Crippen LogP contribution in [-0.4, -0.2) is 16.9 Å². The van der Waals surface area contributed by atoms with Crippen LogP contribution in [0.1, 0.15) is 32.3 Å². The maximum absolute atomic E-state index is 12.5. The summed E-state index contributed by atoms with van der Waals surface area (Å²) in [5.74, 6) is 0.248. The number of carbonyl (C=O) groups is 1. The molecule has 1 aliphatic carbocycles. The average Bonchev–Trinajstić information content (AvgIpc) is 3.17. The van der Waals surface area contributed by atoms with Crippen LogP contribution >= 0.6 is 12.2 Å². The van der Waals surface area contributed by atoms with Crippen molar-refractivity contribution < 1.29 is 4.79 Å². The summed E-state index contributed by atoms with van der Waals surface area (Å²) < 4.78 is 0. The molecule has 4 heteroatoms. The Balaban J connectivity index is 2.14. The van der Waals surface area contributed by atoms with Crippen molar-refractivity contribution in [2.24, 2.45) is 11.7 Å². The van der Waals surface area contributed by atoms with E-state index in [9.17, 15) is 4.79 Å². The summed E-state index contributed by atoms with van der Waals surface area (Å²) in [6.07, 6.45) is 1.79. The van der Waals surface area contributed by atoms with Gasteiger partial charge < -0.3 is 11.1 Å². The van der Waals surface area contributed by atoms with Gasteiger partial charge in [-0.1, -0.05) is 56.4 Å². The third-order valence-corrected chi connectivity index (χ3v) is 4.02. The smallest absolute Gasteiger partial charge is 0.231 e. The highest BCUT2D eigenvalue weighted by Crippen LogP contribution is 2.48. The maximum atomic E-state index is 12.5. The fourth-order valence-corrected chi connectivity index (χ4v) is 2.71. The van der Waals surface area contributed by atoms with E-state index in [1.54, 1.807) is 0 Å². The van der Waals surface area contributed by atoms with Crippen molar-refractivity contribution in [3.05, 3.63) is 35.9 Å². The summed E-state index contributed by atoms with van der Waals surface area (Å²) in [6.45, 7) is 4.01. The van der Waals surface area contributed by atoms with Gasteiger partial charge in [-0.15, -0.1) is 0 Å². The van der Waals surface area contributed by atoms with Gasteiger partial charge in [-0.2, -0.15) is 0 Å². The van der Waals surface area contributed by atoms with E-state index in [4.69, 9.17) is 18.0 Å². The second-order valence-electron chi connectivity index (χ2n) is 5.55. The zero-order valence-corrected chi connectivity index (χ0v) is 12.2. The van der Waals surface area contributed by atoms with Crippen LogP contribution in [0.4, 0.5) is 0 Å².